The molecule has 0 radical (unpaired) electrons. The van der Waals surface area contributed by atoms with Crippen molar-refractivity contribution >= 4 is 35.2 Å². The number of carbonyl (C=O) groups excluding carboxylic acids is 3. The summed E-state index contributed by atoms with van der Waals surface area (Å²) in [5, 5.41) is 0.378. The van der Waals surface area contributed by atoms with E-state index in [0.717, 1.165) is 0 Å². The van der Waals surface area contributed by atoms with Gasteiger partial charge in [-0.25, -0.2) is 14.8 Å². The Morgan fingerprint density at radius 2 is 1.92 bits per heavy atom. The molecule has 9 nitrogen and oxygen atoms in total. The van der Waals surface area contributed by atoms with Crippen molar-refractivity contribution in [2.45, 2.75) is 13.0 Å². The van der Waals surface area contributed by atoms with Crippen LogP contribution in [0.25, 0.3) is 0 Å². The maximum atomic E-state index is 11.9. The third-order valence-electron chi connectivity index (χ3n) is 2.96. The van der Waals surface area contributed by atoms with Gasteiger partial charge in [-0.2, -0.15) is 0 Å². The van der Waals surface area contributed by atoms with Crippen LogP contribution in [-0.2, 0) is 9.53 Å². The number of benzene rings is 1. The minimum atomic E-state index is -1.20. The quantitative estimate of drug-likeness (QED) is 0.537. The number of nitrogens with one attached hydrogen (secondary N) is 2. The average Bonchev–Trinajstić information content (AvgIpc) is 2.59. The molecule has 0 fully saturated rings. The number of nitrogen functional groups attached to an aromatic ring is 1. The lowest BCUT2D eigenvalue weighted by Crippen LogP contribution is -2.46. The molecule has 0 saturated heterocycles. The molecule has 1 heterocycles. The maximum Gasteiger partial charge on any atom is 0.361 e. The molecule has 25 heavy (non-hydrogen) atoms. The number of rotatable bonds is 4. The maximum absolute atomic E-state index is 11.9. The van der Waals surface area contributed by atoms with Crippen molar-refractivity contribution in [2.24, 2.45) is 0 Å². The molecule has 0 saturated carbocycles. The molecule has 4 N–H and O–H groups in total. The number of halogens is 1. The van der Waals surface area contributed by atoms with Crippen molar-refractivity contribution in [3.05, 3.63) is 52.9 Å². The molecule has 0 bridgehead atoms. The molecule has 1 atom stereocenters. The topological polar surface area (TPSA) is 136 Å². The third kappa shape index (κ3) is 4.88. The normalized spacial score (nSPS) is 11.3. The van der Waals surface area contributed by atoms with Crippen molar-refractivity contribution in [1.82, 2.24) is 20.8 Å². The van der Waals surface area contributed by atoms with Gasteiger partial charge in [-0.1, -0.05) is 17.7 Å². The number of hydrogen-bond acceptors (Lipinski definition) is 7. The van der Waals surface area contributed by atoms with Gasteiger partial charge in [0.1, 0.15) is 0 Å². The summed E-state index contributed by atoms with van der Waals surface area (Å²) in [6.07, 6.45) is 1.38. The number of carbonyl (C=O) groups is 3. The molecular weight excluding hydrogens is 350 g/mol. The molecule has 2 aromatic rings. The van der Waals surface area contributed by atoms with E-state index in [-0.39, 0.29) is 17.1 Å². The molecule has 0 aliphatic heterocycles. The minimum Gasteiger partial charge on any atom is -0.448 e. The predicted molar refractivity (Wildman–Crippen MR) is 88.4 cm³/mol. The monoisotopic (exact) mass is 363 g/mol. The van der Waals surface area contributed by atoms with Gasteiger partial charge < -0.3 is 10.5 Å². The molecule has 130 valence electrons. The Kier molecular flexibility index (Phi) is 5.85. The van der Waals surface area contributed by atoms with E-state index < -0.39 is 23.9 Å². The zero-order valence-corrected chi connectivity index (χ0v) is 13.8. The number of hydrogen-bond donors (Lipinski definition) is 3. The van der Waals surface area contributed by atoms with E-state index in [2.05, 4.69) is 20.8 Å². The van der Waals surface area contributed by atoms with E-state index in [1.54, 1.807) is 12.1 Å². The van der Waals surface area contributed by atoms with Gasteiger partial charge in [-0.05, 0) is 25.1 Å². The van der Waals surface area contributed by atoms with Crippen molar-refractivity contribution in [1.29, 1.82) is 0 Å². The average molecular weight is 364 g/mol. The van der Waals surface area contributed by atoms with Gasteiger partial charge in [-0.15, -0.1) is 0 Å². The fourth-order valence-corrected chi connectivity index (χ4v) is 1.89. The first-order valence-corrected chi connectivity index (χ1v) is 7.39. The van der Waals surface area contributed by atoms with Crippen LogP contribution in [0, 0.1) is 0 Å². The van der Waals surface area contributed by atoms with Gasteiger partial charge in [-0.3, -0.25) is 20.4 Å². The lowest BCUT2D eigenvalue weighted by atomic mass is 10.2. The zero-order chi connectivity index (χ0) is 18.4. The van der Waals surface area contributed by atoms with Gasteiger partial charge in [0.2, 0.25) is 0 Å². The smallest absolute Gasteiger partial charge is 0.361 e. The molecule has 0 aliphatic rings. The second-order valence-corrected chi connectivity index (χ2v) is 5.23. The first-order valence-electron chi connectivity index (χ1n) is 7.01. The van der Waals surface area contributed by atoms with Crippen molar-refractivity contribution in [3.8, 4) is 0 Å². The van der Waals surface area contributed by atoms with Gasteiger partial charge in [0.15, 0.2) is 17.6 Å². The molecule has 1 aromatic heterocycles. The summed E-state index contributed by atoms with van der Waals surface area (Å²) in [5.41, 5.74) is 9.89. The van der Waals surface area contributed by atoms with Gasteiger partial charge in [0.05, 0.1) is 0 Å². The predicted octanol–water partition coefficient (Wildman–Crippen LogP) is 0.719. The van der Waals surface area contributed by atoms with E-state index in [9.17, 15) is 14.4 Å². The highest BCUT2D eigenvalue weighted by atomic mass is 35.5. The summed E-state index contributed by atoms with van der Waals surface area (Å²) in [6, 6.07) is 6.16. The van der Waals surface area contributed by atoms with Crippen LogP contribution in [0.3, 0.4) is 0 Å². The van der Waals surface area contributed by atoms with Crippen LogP contribution in [0.1, 0.15) is 27.8 Å². The Hall–Kier alpha value is -3.20. The number of esters is 1. The second-order valence-electron chi connectivity index (χ2n) is 4.79. The molecule has 1 aromatic carbocycles. The van der Waals surface area contributed by atoms with E-state index in [0.29, 0.717) is 5.02 Å². The number of nitrogens with zero attached hydrogens (tertiary/aromatic N) is 2. The lowest BCUT2D eigenvalue weighted by molar-refractivity contribution is -0.129. The highest BCUT2D eigenvalue weighted by Gasteiger charge is 2.22. The number of amides is 2. The number of hydrazine groups is 1. The van der Waals surface area contributed by atoms with Crippen molar-refractivity contribution < 1.29 is 19.1 Å². The lowest BCUT2D eigenvalue weighted by Gasteiger charge is -2.14. The summed E-state index contributed by atoms with van der Waals surface area (Å²) in [6.45, 7) is 1.32. The molecule has 2 rings (SSSR count). The highest BCUT2D eigenvalue weighted by Crippen LogP contribution is 2.10. The summed E-state index contributed by atoms with van der Waals surface area (Å²) in [7, 11) is 0. The molecule has 0 unspecified atom stereocenters. The Balaban J connectivity index is 1.89. The Morgan fingerprint density at radius 1 is 1.20 bits per heavy atom. The Labute approximate surface area is 147 Å². The van der Waals surface area contributed by atoms with E-state index in [1.165, 1.54) is 31.5 Å². The Bertz CT molecular complexity index is 814. The summed E-state index contributed by atoms with van der Waals surface area (Å²) < 4.78 is 4.93. The SMILES string of the molecule is C[C@@H](OC(=O)c1nccnc1N)C(=O)NNC(=O)c1cccc(Cl)c1. The summed E-state index contributed by atoms with van der Waals surface area (Å²) >= 11 is 5.78. The molecule has 0 aliphatic carbocycles. The molecule has 2 amide bonds. The minimum absolute atomic E-state index is 0.116. The summed E-state index contributed by atoms with van der Waals surface area (Å²) in [5.74, 6) is -2.34. The van der Waals surface area contributed by atoms with Crippen LogP contribution in [0.5, 0.6) is 0 Å². The van der Waals surface area contributed by atoms with E-state index in [4.69, 9.17) is 22.1 Å². The van der Waals surface area contributed by atoms with Crippen LogP contribution in [0.15, 0.2) is 36.7 Å². The fourth-order valence-electron chi connectivity index (χ4n) is 1.70. The number of anilines is 1. The summed E-state index contributed by atoms with van der Waals surface area (Å²) in [4.78, 5) is 43.1. The largest absolute Gasteiger partial charge is 0.448 e. The first-order chi connectivity index (χ1) is 11.9. The standard InChI is InChI=1S/C15H14ClN5O4/c1-8(25-15(24)11-12(17)19-6-5-18-11)13(22)20-21-14(23)9-3-2-4-10(16)7-9/h2-8H,1H3,(H2,17,19)(H,20,22)(H,21,23)/t8-/m1/s1. The molecule has 0 spiro atoms. The second kappa shape index (κ2) is 8.06. The Morgan fingerprint density at radius 3 is 2.60 bits per heavy atom. The van der Waals surface area contributed by atoms with Crippen LogP contribution < -0.4 is 16.6 Å². The van der Waals surface area contributed by atoms with Crippen molar-refractivity contribution in [3.63, 3.8) is 0 Å². The van der Waals surface area contributed by atoms with E-state index in [1.807, 2.05) is 0 Å². The van der Waals surface area contributed by atoms with Crippen LogP contribution in [0.2, 0.25) is 5.02 Å². The van der Waals surface area contributed by atoms with Crippen LogP contribution in [-0.4, -0.2) is 33.9 Å². The first kappa shape index (κ1) is 18.1. The van der Waals surface area contributed by atoms with Crippen LogP contribution >= 0.6 is 11.6 Å². The number of aromatic nitrogens is 2. The fraction of sp³-hybridized carbons (Fsp3) is 0.133. The molecular formula is C15H14ClN5O4. The van der Waals surface area contributed by atoms with E-state index >= 15 is 0 Å². The van der Waals surface area contributed by atoms with Gasteiger partial charge in [0, 0.05) is 23.0 Å². The number of nitrogens with two attached hydrogens (primary N) is 1. The van der Waals surface area contributed by atoms with Gasteiger partial charge >= 0.3 is 5.97 Å². The number of ether oxygens (including phenoxy) is 1. The van der Waals surface area contributed by atoms with Gasteiger partial charge in [0.25, 0.3) is 11.8 Å². The molecule has 10 heteroatoms. The zero-order valence-electron chi connectivity index (χ0n) is 13.0. The third-order valence-corrected chi connectivity index (χ3v) is 3.19. The van der Waals surface area contributed by atoms with Crippen LogP contribution in [0.4, 0.5) is 5.82 Å². The van der Waals surface area contributed by atoms with Crippen molar-refractivity contribution in [2.75, 3.05) is 5.73 Å². The highest BCUT2D eigenvalue weighted by molar-refractivity contribution is 6.30.